The van der Waals surface area contributed by atoms with Crippen molar-refractivity contribution in [1.82, 2.24) is 5.32 Å². The molecule has 2 aromatic carbocycles. The second kappa shape index (κ2) is 10.1. The Bertz CT molecular complexity index is 1030. The van der Waals surface area contributed by atoms with Crippen molar-refractivity contribution in [3.05, 3.63) is 68.2 Å². The summed E-state index contributed by atoms with van der Waals surface area (Å²) in [6.07, 6.45) is -7.27. The summed E-state index contributed by atoms with van der Waals surface area (Å²) >= 11 is 17.7. The highest BCUT2D eigenvalue weighted by atomic mass is 35.5. The minimum absolute atomic E-state index is 0.130. The number of ether oxygens (including phenoxy) is 1. The minimum atomic E-state index is -5.20. The van der Waals surface area contributed by atoms with E-state index in [-0.39, 0.29) is 32.7 Å². The molecule has 0 saturated carbocycles. The van der Waals surface area contributed by atoms with E-state index in [1.165, 1.54) is 24.3 Å². The fourth-order valence-corrected chi connectivity index (χ4v) is 3.57. The summed E-state index contributed by atoms with van der Waals surface area (Å²) < 4.78 is 46.6. The number of hydrogen-bond acceptors (Lipinski definition) is 4. The summed E-state index contributed by atoms with van der Waals surface area (Å²) in [4.78, 5) is 24.6. The predicted molar refractivity (Wildman–Crippen MR) is 120 cm³/mol. The number of Topliss-reactive ketones (excluding diaryl/α,β-unsaturated/α-hetero) is 1. The summed E-state index contributed by atoms with van der Waals surface area (Å²) in [6, 6.07) is 6.77. The van der Waals surface area contributed by atoms with Crippen LogP contribution in [0.2, 0.25) is 15.1 Å². The monoisotopic (exact) mass is 525 g/mol. The Balaban J connectivity index is 2.30. The molecule has 2 rings (SSSR count). The highest BCUT2D eigenvalue weighted by Gasteiger charge is 2.56. The first-order valence-electron chi connectivity index (χ1n) is 9.56. The van der Waals surface area contributed by atoms with Crippen LogP contribution in [0.4, 0.5) is 18.0 Å². The Hall–Kier alpha value is -2.00. The van der Waals surface area contributed by atoms with Crippen molar-refractivity contribution < 1.29 is 32.6 Å². The first kappa shape index (κ1) is 27.2. The zero-order valence-electron chi connectivity index (χ0n) is 17.8. The first-order valence-corrected chi connectivity index (χ1v) is 10.7. The lowest BCUT2D eigenvalue weighted by atomic mass is 9.86. The molecule has 1 amide bonds. The van der Waals surface area contributed by atoms with Crippen molar-refractivity contribution in [1.29, 1.82) is 0 Å². The predicted octanol–water partition coefficient (Wildman–Crippen LogP) is 6.69. The molecular weight excluding hydrogens is 506 g/mol. The van der Waals surface area contributed by atoms with Crippen LogP contribution >= 0.6 is 34.8 Å². The normalized spacial score (nSPS) is 13.9. The molecule has 0 aromatic heterocycles. The molecule has 0 bridgehead atoms. The van der Waals surface area contributed by atoms with Crippen molar-refractivity contribution in [2.24, 2.45) is 0 Å². The van der Waals surface area contributed by atoms with Crippen molar-refractivity contribution in [2.75, 3.05) is 0 Å². The number of rotatable bonds is 6. The van der Waals surface area contributed by atoms with E-state index in [0.29, 0.717) is 0 Å². The van der Waals surface area contributed by atoms with Gasteiger partial charge in [-0.3, -0.25) is 4.79 Å². The van der Waals surface area contributed by atoms with E-state index < -0.39 is 41.2 Å². The standard InChI is InChI=1S/C22H21Cl3F3NO4/c1-20(2,3)33-19(31)29-11-13-6-12(4-5-17(13)25)18(30)10-21(32,22(26,27)28)14-7-15(23)9-16(24)8-14/h4-9,32H,10-11H2,1-3H3,(H,29,31). The lowest BCUT2D eigenvalue weighted by molar-refractivity contribution is -0.264. The number of alkyl carbamates (subject to hydrolysis) is 1. The Morgan fingerprint density at radius 3 is 2.09 bits per heavy atom. The van der Waals surface area contributed by atoms with Crippen LogP contribution in [0.15, 0.2) is 36.4 Å². The molecule has 2 N–H and O–H groups in total. The van der Waals surface area contributed by atoms with E-state index >= 15 is 0 Å². The number of carbonyl (C=O) groups excluding carboxylic acids is 2. The lowest BCUT2D eigenvalue weighted by Gasteiger charge is -2.30. The van der Waals surface area contributed by atoms with Crippen LogP contribution in [-0.4, -0.2) is 28.8 Å². The van der Waals surface area contributed by atoms with Gasteiger partial charge in [-0.15, -0.1) is 0 Å². The molecule has 1 unspecified atom stereocenters. The molecule has 0 fully saturated rings. The molecule has 0 aliphatic rings. The molecule has 0 aliphatic carbocycles. The number of halogens is 6. The molecule has 2 aromatic rings. The second-order valence-corrected chi connectivity index (χ2v) is 9.56. The second-order valence-electron chi connectivity index (χ2n) is 8.28. The zero-order chi connectivity index (χ0) is 25.2. The van der Waals surface area contributed by atoms with Crippen LogP contribution in [0.5, 0.6) is 0 Å². The minimum Gasteiger partial charge on any atom is -0.444 e. The van der Waals surface area contributed by atoms with Crippen LogP contribution < -0.4 is 5.32 Å². The van der Waals surface area contributed by atoms with Gasteiger partial charge in [0.15, 0.2) is 11.4 Å². The van der Waals surface area contributed by atoms with Crippen LogP contribution in [0.3, 0.4) is 0 Å². The van der Waals surface area contributed by atoms with Gasteiger partial charge in [-0.25, -0.2) is 4.79 Å². The number of hydrogen-bond donors (Lipinski definition) is 2. The molecule has 1 atom stereocenters. The fraction of sp³-hybridized carbons (Fsp3) is 0.364. The SMILES string of the molecule is CC(C)(C)OC(=O)NCc1cc(C(=O)CC(O)(c2cc(Cl)cc(Cl)c2)C(F)(F)F)ccc1Cl. The van der Waals surface area contributed by atoms with E-state index in [4.69, 9.17) is 39.5 Å². The maximum absolute atomic E-state index is 13.8. The molecule has 5 nitrogen and oxygen atoms in total. The van der Waals surface area contributed by atoms with E-state index in [2.05, 4.69) is 5.32 Å². The van der Waals surface area contributed by atoms with Crippen molar-refractivity contribution in [2.45, 2.75) is 51.1 Å². The summed E-state index contributed by atoms with van der Waals surface area (Å²) in [7, 11) is 0. The Labute approximate surface area is 203 Å². The van der Waals surface area contributed by atoms with Gasteiger partial charge in [0.1, 0.15) is 5.60 Å². The summed E-state index contributed by atoms with van der Waals surface area (Å²) in [5.74, 6) is -1.01. The van der Waals surface area contributed by atoms with Gasteiger partial charge in [-0.1, -0.05) is 34.8 Å². The third-order valence-corrected chi connectivity index (χ3v) is 5.22. The Kier molecular flexibility index (Phi) is 8.33. The maximum Gasteiger partial charge on any atom is 0.421 e. The molecule has 0 heterocycles. The highest BCUT2D eigenvalue weighted by Crippen LogP contribution is 2.44. The fourth-order valence-electron chi connectivity index (χ4n) is 2.86. The number of aliphatic hydroxyl groups is 1. The molecule has 0 spiro atoms. The molecule has 0 aliphatic heterocycles. The summed E-state index contributed by atoms with van der Waals surface area (Å²) in [6.45, 7) is 4.89. The first-order chi connectivity index (χ1) is 15.0. The Morgan fingerprint density at radius 2 is 1.58 bits per heavy atom. The van der Waals surface area contributed by atoms with Crippen molar-refractivity contribution >= 4 is 46.7 Å². The van der Waals surface area contributed by atoms with Crippen molar-refractivity contribution in [3.8, 4) is 0 Å². The van der Waals surface area contributed by atoms with Gasteiger partial charge in [0.25, 0.3) is 0 Å². The lowest BCUT2D eigenvalue weighted by Crippen LogP contribution is -2.44. The topological polar surface area (TPSA) is 75.6 Å². The van der Waals surface area contributed by atoms with E-state index in [0.717, 1.165) is 12.1 Å². The number of benzene rings is 2. The summed E-state index contributed by atoms with van der Waals surface area (Å²) in [5, 5.41) is 12.9. The molecule has 0 saturated heterocycles. The highest BCUT2D eigenvalue weighted by molar-refractivity contribution is 6.34. The molecule has 33 heavy (non-hydrogen) atoms. The molecular formula is C22H21Cl3F3NO4. The van der Waals surface area contributed by atoms with Gasteiger partial charge in [-0.2, -0.15) is 13.2 Å². The quantitative estimate of drug-likeness (QED) is 0.411. The van der Waals surface area contributed by atoms with E-state index in [1.807, 2.05) is 0 Å². The number of alkyl halides is 3. The Morgan fingerprint density at radius 1 is 1.00 bits per heavy atom. The molecule has 180 valence electrons. The third kappa shape index (κ3) is 7.24. The zero-order valence-corrected chi connectivity index (χ0v) is 20.1. The van der Waals surface area contributed by atoms with Gasteiger partial charge in [0.05, 0.1) is 6.42 Å². The average molecular weight is 527 g/mol. The van der Waals surface area contributed by atoms with E-state index in [9.17, 15) is 27.9 Å². The van der Waals surface area contributed by atoms with Crippen LogP contribution in [-0.2, 0) is 16.9 Å². The number of amides is 1. The van der Waals surface area contributed by atoms with Gasteiger partial charge >= 0.3 is 12.3 Å². The van der Waals surface area contributed by atoms with Gasteiger partial charge in [-0.05, 0) is 68.3 Å². The van der Waals surface area contributed by atoms with Gasteiger partial charge in [0, 0.05) is 27.2 Å². The summed E-state index contributed by atoms with van der Waals surface area (Å²) in [5.41, 5.74) is -4.81. The molecule has 11 heteroatoms. The third-order valence-electron chi connectivity index (χ3n) is 4.42. The number of ketones is 1. The number of carbonyl (C=O) groups is 2. The van der Waals surface area contributed by atoms with Crippen LogP contribution in [0.1, 0.15) is 48.7 Å². The van der Waals surface area contributed by atoms with Crippen LogP contribution in [0.25, 0.3) is 0 Å². The van der Waals surface area contributed by atoms with Crippen molar-refractivity contribution in [3.63, 3.8) is 0 Å². The van der Waals surface area contributed by atoms with E-state index in [1.54, 1.807) is 20.8 Å². The van der Waals surface area contributed by atoms with Gasteiger partial charge < -0.3 is 15.2 Å². The van der Waals surface area contributed by atoms with Crippen LogP contribution in [0, 0.1) is 0 Å². The van der Waals surface area contributed by atoms with Gasteiger partial charge in [0.2, 0.25) is 0 Å². The maximum atomic E-state index is 13.8. The number of nitrogens with one attached hydrogen (secondary N) is 1. The largest absolute Gasteiger partial charge is 0.444 e. The smallest absolute Gasteiger partial charge is 0.421 e. The molecule has 0 radical (unpaired) electrons. The average Bonchev–Trinajstić information content (AvgIpc) is 2.64.